The highest BCUT2D eigenvalue weighted by Crippen LogP contribution is 2.41. The Bertz CT molecular complexity index is 1220. The summed E-state index contributed by atoms with van der Waals surface area (Å²) in [4.78, 5) is 13.2. The number of nitrogens with one attached hydrogen (secondary N) is 1. The summed E-state index contributed by atoms with van der Waals surface area (Å²) in [5.41, 5.74) is 4.39. The van der Waals surface area contributed by atoms with Crippen molar-refractivity contribution in [2.75, 3.05) is 18.6 Å². The average molecular weight is 412 g/mol. The Morgan fingerprint density at radius 2 is 1.89 bits per heavy atom. The Morgan fingerprint density at radius 1 is 1.07 bits per heavy atom. The second-order valence-electron chi connectivity index (χ2n) is 7.24. The molecule has 0 unspecified atom stereocenters. The molecule has 28 heavy (non-hydrogen) atoms. The van der Waals surface area contributed by atoms with Crippen LogP contribution in [0.2, 0.25) is 0 Å². The van der Waals surface area contributed by atoms with Gasteiger partial charge >= 0.3 is 0 Å². The van der Waals surface area contributed by atoms with Crippen molar-refractivity contribution in [2.45, 2.75) is 20.0 Å². The zero-order chi connectivity index (χ0) is 19.9. The molecule has 0 fully saturated rings. The lowest BCUT2D eigenvalue weighted by Crippen LogP contribution is -2.15. The first kappa shape index (κ1) is 18.8. The number of ether oxygens (including phenoxy) is 1. The van der Waals surface area contributed by atoms with Crippen LogP contribution in [0.15, 0.2) is 42.2 Å². The maximum absolute atomic E-state index is 12.9. The van der Waals surface area contributed by atoms with E-state index in [-0.39, 0.29) is 6.10 Å². The van der Waals surface area contributed by atoms with Crippen molar-refractivity contribution in [3.63, 3.8) is 0 Å². The molecule has 0 aliphatic heterocycles. The third-order valence-electron chi connectivity index (χ3n) is 4.25. The molecule has 0 radical (unpaired) electrons. The highest BCUT2D eigenvalue weighted by Gasteiger charge is 2.21. The van der Waals surface area contributed by atoms with Gasteiger partial charge in [0.25, 0.3) is 0 Å². The molecular weight excluding hydrogens is 391 g/mol. The van der Waals surface area contributed by atoms with Gasteiger partial charge in [-0.05, 0) is 51.4 Å². The number of hydrogen-bond acceptors (Lipinski definition) is 7. The molecule has 0 aliphatic rings. The molecule has 1 N–H and O–H groups in total. The minimum atomic E-state index is -2.56. The average Bonchev–Trinajstić information content (AvgIpc) is 3.07. The Labute approximate surface area is 167 Å². The van der Waals surface area contributed by atoms with E-state index in [1.807, 2.05) is 49.7 Å². The third kappa shape index (κ3) is 3.73. The highest BCUT2D eigenvalue weighted by atomic mass is 32.1. The highest BCUT2D eigenvalue weighted by molar-refractivity contribution is 7.70. The molecular formula is C20H21N4O2PS. The summed E-state index contributed by atoms with van der Waals surface area (Å²) in [6, 6.07) is 9.75. The molecule has 2 aromatic carbocycles. The van der Waals surface area contributed by atoms with E-state index in [2.05, 4.69) is 20.3 Å². The number of nitrogens with zero attached hydrogens (tertiary/aromatic N) is 3. The summed E-state index contributed by atoms with van der Waals surface area (Å²) >= 11 is 1.61. The fraction of sp³-hybridized carbons (Fsp3) is 0.250. The van der Waals surface area contributed by atoms with Crippen LogP contribution >= 0.6 is 18.5 Å². The number of thiazole rings is 1. The maximum Gasteiger partial charge on any atom is 0.141 e. The minimum absolute atomic E-state index is 0.0213. The summed E-state index contributed by atoms with van der Waals surface area (Å²) in [6.07, 6.45) is 1.49. The van der Waals surface area contributed by atoms with Gasteiger partial charge in [0.1, 0.15) is 25.0 Å². The zero-order valence-corrected chi connectivity index (χ0v) is 17.8. The van der Waals surface area contributed by atoms with Crippen molar-refractivity contribution in [1.82, 2.24) is 15.0 Å². The van der Waals surface area contributed by atoms with Crippen LogP contribution < -0.4 is 15.4 Å². The summed E-state index contributed by atoms with van der Waals surface area (Å²) in [5, 5.41) is 4.85. The standard InChI is InChI=1S/C20H21N4O2PS/c1-12(2)26-17-9-15-14(8-18(17)27(3,4)25)20(22-10-21-15)24-13-5-6-19-16(7-13)23-11-28-19/h5-12H,1-4H3,(H,21,22,24). The number of fused-ring (bicyclic) bond motifs is 2. The zero-order valence-electron chi connectivity index (χ0n) is 16.1. The van der Waals surface area contributed by atoms with E-state index < -0.39 is 7.14 Å². The van der Waals surface area contributed by atoms with E-state index in [9.17, 15) is 4.57 Å². The van der Waals surface area contributed by atoms with Gasteiger partial charge < -0.3 is 14.6 Å². The molecule has 144 valence electrons. The van der Waals surface area contributed by atoms with Crippen LogP contribution in [0, 0.1) is 0 Å². The molecule has 0 spiro atoms. The first-order valence-corrected chi connectivity index (χ1v) is 12.4. The lowest BCUT2D eigenvalue weighted by molar-refractivity contribution is 0.245. The summed E-state index contributed by atoms with van der Waals surface area (Å²) in [7, 11) is -2.56. The Morgan fingerprint density at radius 3 is 2.64 bits per heavy atom. The second-order valence-corrected chi connectivity index (χ2v) is 11.3. The van der Waals surface area contributed by atoms with Gasteiger partial charge in [-0.2, -0.15) is 0 Å². The summed E-state index contributed by atoms with van der Waals surface area (Å²) in [5.74, 6) is 1.27. The van der Waals surface area contributed by atoms with Crippen molar-refractivity contribution >= 4 is 56.4 Å². The lowest BCUT2D eigenvalue weighted by atomic mass is 10.2. The number of hydrogen-bond donors (Lipinski definition) is 1. The molecule has 2 aromatic heterocycles. The maximum atomic E-state index is 12.9. The van der Waals surface area contributed by atoms with Gasteiger partial charge in [-0.15, -0.1) is 11.3 Å². The fourth-order valence-electron chi connectivity index (χ4n) is 3.01. The molecule has 0 saturated carbocycles. The van der Waals surface area contributed by atoms with Crippen LogP contribution in [-0.2, 0) is 4.57 Å². The molecule has 0 amide bonds. The normalized spacial score (nSPS) is 12.0. The minimum Gasteiger partial charge on any atom is -0.490 e. The van der Waals surface area contributed by atoms with Gasteiger partial charge in [-0.3, -0.25) is 0 Å². The quantitative estimate of drug-likeness (QED) is 0.464. The number of rotatable bonds is 5. The van der Waals surface area contributed by atoms with Crippen LogP contribution in [0.4, 0.5) is 11.5 Å². The lowest BCUT2D eigenvalue weighted by Gasteiger charge is -2.18. The van der Waals surface area contributed by atoms with Crippen LogP contribution in [0.1, 0.15) is 13.8 Å². The summed E-state index contributed by atoms with van der Waals surface area (Å²) < 4.78 is 20.0. The van der Waals surface area contributed by atoms with Crippen molar-refractivity contribution < 1.29 is 9.30 Å². The number of anilines is 2. The molecule has 8 heteroatoms. The molecule has 0 aliphatic carbocycles. The predicted molar refractivity (Wildman–Crippen MR) is 117 cm³/mol. The fourth-order valence-corrected chi connectivity index (χ4v) is 4.76. The van der Waals surface area contributed by atoms with Crippen molar-refractivity contribution in [1.29, 1.82) is 0 Å². The van der Waals surface area contributed by atoms with E-state index in [0.29, 0.717) is 16.9 Å². The van der Waals surface area contributed by atoms with Gasteiger partial charge in [-0.25, -0.2) is 15.0 Å². The van der Waals surface area contributed by atoms with E-state index in [1.54, 1.807) is 24.7 Å². The molecule has 0 atom stereocenters. The van der Waals surface area contributed by atoms with Gasteiger partial charge in [0, 0.05) is 17.1 Å². The van der Waals surface area contributed by atoms with E-state index in [0.717, 1.165) is 26.8 Å². The Balaban J connectivity index is 1.83. The molecule has 6 nitrogen and oxygen atoms in total. The van der Waals surface area contributed by atoms with Crippen molar-refractivity contribution in [2.24, 2.45) is 0 Å². The molecule has 0 bridgehead atoms. The number of aromatic nitrogens is 3. The van der Waals surface area contributed by atoms with Crippen LogP contribution in [0.5, 0.6) is 5.75 Å². The molecule has 2 heterocycles. The SMILES string of the molecule is CC(C)Oc1cc2ncnc(Nc3ccc4scnc4c3)c2cc1P(C)(C)=O. The van der Waals surface area contributed by atoms with Gasteiger partial charge in [0.05, 0.1) is 32.7 Å². The molecule has 4 rings (SSSR count). The third-order valence-corrected chi connectivity index (χ3v) is 6.57. The van der Waals surface area contributed by atoms with Gasteiger partial charge in [0.15, 0.2) is 0 Å². The molecule has 4 aromatic rings. The molecule has 0 saturated heterocycles. The van der Waals surface area contributed by atoms with Gasteiger partial charge in [0.2, 0.25) is 0 Å². The Hall–Kier alpha value is -2.50. The van der Waals surface area contributed by atoms with Crippen LogP contribution in [0.25, 0.3) is 21.1 Å². The van der Waals surface area contributed by atoms with E-state index in [4.69, 9.17) is 4.74 Å². The van der Waals surface area contributed by atoms with E-state index >= 15 is 0 Å². The van der Waals surface area contributed by atoms with E-state index in [1.165, 1.54) is 6.33 Å². The second kappa shape index (κ2) is 7.15. The topological polar surface area (TPSA) is 77.0 Å². The van der Waals surface area contributed by atoms with Crippen LogP contribution in [0.3, 0.4) is 0 Å². The first-order chi connectivity index (χ1) is 13.3. The Kier molecular flexibility index (Phi) is 4.81. The first-order valence-electron chi connectivity index (χ1n) is 8.92. The smallest absolute Gasteiger partial charge is 0.141 e. The van der Waals surface area contributed by atoms with Crippen molar-refractivity contribution in [3.05, 3.63) is 42.2 Å². The predicted octanol–water partition coefficient (Wildman–Crippen LogP) is 5.02. The van der Waals surface area contributed by atoms with Crippen molar-refractivity contribution in [3.8, 4) is 5.75 Å². The van der Waals surface area contributed by atoms with Crippen LogP contribution in [-0.4, -0.2) is 34.4 Å². The monoisotopic (exact) mass is 412 g/mol. The largest absolute Gasteiger partial charge is 0.490 e. The van der Waals surface area contributed by atoms with Gasteiger partial charge in [-0.1, -0.05) is 0 Å². The summed E-state index contributed by atoms with van der Waals surface area (Å²) in [6.45, 7) is 7.39. The number of benzene rings is 2.